The van der Waals surface area contributed by atoms with Crippen LogP contribution in [0.4, 0.5) is 0 Å². The van der Waals surface area contributed by atoms with Crippen LogP contribution in [0.25, 0.3) is 0 Å². The first-order valence-electron chi connectivity index (χ1n) is 8.27. The molecule has 0 aliphatic carbocycles. The number of nitrogens with zero attached hydrogens (tertiary/aromatic N) is 1. The second-order valence-electron chi connectivity index (χ2n) is 5.65. The van der Waals surface area contributed by atoms with E-state index in [0.717, 1.165) is 4.88 Å². The van der Waals surface area contributed by atoms with Gasteiger partial charge in [-0.05, 0) is 30.5 Å². The van der Waals surface area contributed by atoms with Crippen LogP contribution in [0.3, 0.4) is 0 Å². The summed E-state index contributed by atoms with van der Waals surface area (Å²) in [7, 11) is -3.51. The van der Waals surface area contributed by atoms with E-state index < -0.39 is 9.84 Å². The van der Waals surface area contributed by atoms with Crippen LogP contribution in [0, 0.1) is 0 Å². The predicted molar refractivity (Wildman–Crippen MR) is 102 cm³/mol. The Morgan fingerprint density at radius 1 is 1.12 bits per heavy atom. The maximum Gasteiger partial charge on any atom is 0.239 e. The number of hydrogen-bond donors (Lipinski definition) is 1. The minimum absolute atomic E-state index is 0.0773. The summed E-state index contributed by atoms with van der Waals surface area (Å²) in [6.07, 6.45) is -0.150. The van der Waals surface area contributed by atoms with E-state index in [4.69, 9.17) is 0 Å². The van der Waals surface area contributed by atoms with Crippen molar-refractivity contribution in [3.05, 3.63) is 52.7 Å². The highest BCUT2D eigenvalue weighted by atomic mass is 32.2. The van der Waals surface area contributed by atoms with E-state index in [1.54, 1.807) is 36.5 Å². The minimum Gasteiger partial charge on any atom is -0.350 e. The van der Waals surface area contributed by atoms with Gasteiger partial charge in [-0.15, -0.1) is 11.3 Å². The summed E-state index contributed by atoms with van der Waals surface area (Å²) in [4.78, 5) is 26.9. The summed E-state index contributed by atoms with van der Waals surface area (Å²) in [6, 6.07) is 11.9. The van der Waals surface area contributed by atoms with Crippen molar-refractivity contribution >= 4 is 33.0 Å². The van der Waals surface area contributed by atoms with Gasteiger partial charge in [0.15, 0.2) is 9.84 Å². The maximum atomic E-state index is 12.3. The Balaban J connectivity index is 1.84. The Labute approximate surface area is 157 Å². The molecule has 8 heteroatoms. The average molecular weight is 395 g/mol. The summed E-state index contributed by atoms with van der Waals surface area (Å²) in [5.41, 5.74) is 0. The largest absolute Gasteiger partial charge is 0.350 e. The smallest absolute Gasteiger partial charge is 0.239 e. The lowest BCUT2D eigenvalue weighted by molar-refractivity contribution is -0.135. The molecule has 0 bridgehead atoms. The van der Waals surface area contributed by atoms with Gasteiger partial charge in [0.25, 0.3) is 0 Å². The molecule has 2 aromatic rings. The molecule has 0 atom stereocenters. The maximum absolute atomic E-state index is 12.3. The number of carbonyl (C=O) groups excluding carboxylic acids is 2. The fourth-order valence-electron chi connectivity index (χ4n) is 2.33. The standard InChI is InChI=1S/C18H22N2O4S2/c1-2-20(14-17(21)19-13-15-7-6-11-25-15)18(22)10-12-26(23,24)16-8-4-3-5-9-16/h3-9,11H,2,10,12-14H2,1H3,(H,19,21). The molecule has 1 aromatic heterocycles. The van der Waals surface area contributed by atoms with Crippen LogP contribution < -0.4 is 5.32 Å². The van der Waals surface area contributed by atoms with Gasteiger partial charge in [0.2, 0.25) is 11.8 Å². The van der Waals surface area contributed by atoms with Gasteiger partial charge in [0.05, 0.1) is 23.7 Å². The number of hydrogen-bond acceptors (Lipinski definition) is 5. The third-order valence-corrected chi connectivity index (χ3v) is 6.40. The fraction of sp³-hybridized carbons (Fsp3) is 0.333. The van der Waals surface area contributed by atoms with Crippen molar-refractivity contribution < 1.29 is 18.0 Å². The van der Waals surface area contributed by atoms with Crippen molar-refractivity contribution in [1.82, 2.24) is 10.2 Å². The van der Waals surface area contributed by atoms with Gasteiger partial charge in [0, 0.05) is 17.8 Å². The molecular formula is C18H22N2O4S2. The first-order chi connectivity index (χ1) is 12.4. The third kappa shape index (κ3) is 5.96. The zero-order chi connectivity index (χ0) is 19.0. The molecule has 0 aliphatic rings. The summed E-state index contributed by atoms with van der Waals surface area (Å²) in [5, 5.41) is 4.69. The Hall–Kier alpha value is -2.19. The molecular weight excluding hydrogens is 372 g/mol. The first-order valence-corrected chi connectivity index (χ1v) is 10.8. The van der Waals surface area contributed by atoms with Crippen LogP contribution in [0.2, 0.25) is 0 Å². The average Bonchev–Trinajstić information content (AvgIpc) is 3.17. The monoisotopic (exact) mass is 394 g/mol. The lowest BCUT2D eigenvalue weighted by Gasteiger charge is -2.20. The Morgan fingerprint density at radius 3 is 2.46 bits per heavy atom. The van der Waals surface area contributed by atoms with Crippen molar-refractivity contribution in [3.8, 4) is 0 Å². The van der Waals surface area contributed by atoms with E-state index >= 15 is 0 Å². The van der Waals surface area contributed by atoms with Gasteiger partial charge in [-0.2, -0.15) is 0 Å². The highest BCUT2D eigenvalue weighted by Gasteiger charge is 2.20. The van der Waals surface area contributed by atoms with Crippen LogP contribution in [0.5, 0.6) is 0 Å². The van der Waals surface area contributed by atoms with Crippen molar-refractivity contribution in [1.29, 1.82) is 0 Å². The molecule has 0 saturated heterocycles. The van der Waals surface area contributed by atoms with Gasteiger partial charge < -0.3 is 10.2 Å². The van der Waals surface area contributed by atoms with E-state index in [0.29, 0.717) is 13.1 Å². The molecule has 0 spiro atoms. The summed E-state index contributed by atoms with van der Waals surface area (Å²) in [5.74, 6) is -0.888. The molecule has 26 heavy (non-hydrogen) atoms. The molecule has 1 aromatic carbocycles. The first kappa shape index (κ1) is 20.1. The number of amides is 2. The Morgan fingerprint density at radius 2 is 1.85 bits per heavy atom. The molecule has 0 unspecified atom stereocenters. The lowest BCUT2D eigenvalue weighted by atomic mass is 10.3. The molecule has 6 nitrogen and oxygen atoms in total. The van der Waals surface area contributed by atoms with Gasteiger partial charge in [0.1, 0.15) is 0 Å². The van der Waals surface area contributed by atoms with Crippen molar-refractivity contribution in [2.75, 3.05) is 18.8 Å². The SMILES string of the molecule is CCN(CC(=O)NCc1cccs1)C(=O)CCS(=O)(=O)c1ccccc1. The normalized spacial score (nSPS) is 11.1. The molecule has 0 radical (unpaired) electrons. The molecule has 2 amide bonds. The molecule has 0 saturated carbocycles. The van der Waals surface area contributed by atoms with Gasteiger partial charge in [-0.25, -0.2) is 8.42 Å². The van der Waals surface area contributed by atoms with Crippen molar-refractivity contribution in [2.24, 2.45) is 0 Å². The van der Waals surface area contributed by atoms with E-state index in [9.17, 15) is 18.0 Å². The zero-order valence-electron chi connectivity index (χ0n) is 14.6. The van der Waals surface area contributed by atoms with Gasteiger partial charge in [-0.3, -0.25) is 9.59 Å². The van der Waals surface area contributed by atoms with Crippen LogP contribution in [-0.4, -0.2) is 44.0 Å². The molecule has 1 heterocycles. The number of nitrogens with one attached hydrogen (secondary N) is 1. The molecule has 0 fully saturated rings. The van der Waals surface area contributed by atoms with E-state index in [-0.39, 0.29) is 35.4 Å². The van der Waals surface area contributed by atoms with E-state index in [2.05, 4.69) is 5.32 Å². The summed E-state index contributed by atoms with van der Waals surface area (Å²) < 4.78 is 24.5. The second-order valence-corrected chi connectivity index (χ2v) is 8.79. The molecule has 0 aliphatic heterocycles. The van der Waals surface area contributed by atoms with Crippen molar-refractivity contribution in [3.63, 3.8) is 0 Å². The number of sulfone groups is 1. The Kier molecular flexibility index (Phi) is 7.35. The highest BCUT2D eigenvalue weighted by Crippen LogP contribution is 2.12. The van der Waals surface area contributed by atoms with Gasteiger partial charge >= 0.3 is 0 Å². The summed E-state index contributed by atoms with van der Waals surface area (Å²) >= 11 is 1.54. The predicted octanol–water partition coefficient (Wildman–Crippen LogP) is 2.08. The van der Waals surface area contributed by atoms with E-state index in [1.807, 2.05) is 17.5 Å². The molecule has 1 N–H and O–H groups in total. The van der Waals surface area contributed by atoms with Crippen LogP contribution in [0.15, 0.2) is 52.7 Å². The van der Waals surface area contributed by atoms with Crippen LogP contribution in [-0.2, 0) is 26.0 Å². The second kappa shape index (κ2) is 9.49. The lowest BCUT2D eigenvalue weighted by Crippen LogP contribution is -2.40. The topological polar surface area (TPSA) is 83.6 Å². The van der Waals surface area contributed by atoms with Gasteiger partial charge in [-0.1, -0.05) is 24.3 Å². The van der Waals surface area contributed by atoms with Crippen molar-refractivity contribution in [2.45, 2.75) is 24.8 Å². The van der Waals surface area contributed by atoms with Crippen LogP contribution >= 0.6 is 11.3 Å². The zero-order valence-corrected chi connectivity index (χ0v) is 16.2. The third-order valence-electron chi connectivity index (χ3n) is 3.80. The number of thiophene rings is 1. The highest BCUT2D eigenvalue weighted by molar-refractivity contribution is 7.91. The number of likely N-dealkylation sites (N-methyl/N-ethyl adjacent to an activating group) is 1. The minimum atomic E-state index is -3.51. The fourth-order valence-corrected chi connectivity index (χ4v) is 4.23. The molecule has 140 valence electrons. The number of carbonyl (C=O) groups is 2. The summed E-state index contributed by atoms with van der Waals surface area (Å²) in [6.45, 7) is 2.45. The quantitative estimate of drug-likeness (QED) is 0.706. The number of benzene rings is 1. The van der Waals surface area contributed by atoms with Crippen LogP contribution in [0.1, 0.15) is 18.2 Å². The Bertz CT molecular complexity index is 818. The number of rotatable bonds is 9. The molecule has 2 rings (SSSR count). The van der Waals surface area contributed by atoms with E-state index in [1.165, 1.54) is 17.0 Å².